The molecular formula is C12H15FN2O5S. The van der Waals surface area contributed by atoms with Crippen molar-refractivity contribution in [3.63, 3.8) is 0 Å². The van der Waals surface area contributed by atoms with Gasteiger partial charge in [0, 0.05) is 17.7 Å². The fraction of sp³-hybridized carbons (Fsp3) is 0.333. The van der Waals surface area contributed by atoms with Crippen molar-refractivity contribution in [2.75, 3.05) is 0 Å². The van der Waals surface area contributed by atoms with E-state index in [2.05, 4.69) is 9.50 Å². The quantitative estimate of drug-likeness (QED) is 0.736. The molecule has 21 heavy (non-hydrogen) atoms. The molecule has 0 aliphatic rings. The molecule has 0 heterocycles. The van der Waals surface area contributed by atoms with Gasteiger partial charge in [-0.2, -0.15) is 8.42 Å². The highest BCUT2D eigenvalue weighted by Crippen LogP contribution is 2.22. The van der Waals surface area contributed by atoms with Gasteiger partial charge in [-0.05, 0) is 26.0 Å². The molecule has 0 spiro atoms. The molecule has 9 heteroatoms. The molecule has 0 saturated carbocycles. The van der Waals surface area contributed by atoms with E-state index in [1.165, 1.54) is 26.0 Å². The van der Waals surface area contributed by atoms with Gasteiger partial charge in [-0.1, -0.05) is 9.95 Å². The second kappa shape index (κ2) is 6.64. The lowest BCUT2D eigenvalue weighted by molar-refractivity contribution is -0.118. The lowest BCUT2D eigenvalue weighted by Crippen LogP contribution is -2.37. The Labute approximate surface area is 121 Å². The summed E-state index contributed by atoms with van der Waals surface area (Å²) >= 11 is 0. The van der Waals surface area contributed by atoms with Crippen molar-refractivity contribution in [2.24, 2.45) is 5.73 Å². The zero-order chi connectivity index (χ0) is 16.2. The highest BCUT2D eigenvalue weighted by atomic mass is 32.3. The molecule has 1 unspecified atom stereocenters. The predicted molar refractivity (Wildman–Crippen MR) is 72.6 cm³/mol. The smallest absolute Gasteiger partial charge is 0.358 e. The molecule has 0 aliphatic carbocycles. The molecular weight excluding hydrogens is 303 g/mol. The van der Waals surface area contributed by atoms with Crippen molar-refractivity contribution in [1.82, 2.24) is 5.32 Å². The third kappa shape index (κ3) is 5.12. The van der Waals surface area contributed by atoms with Gasteiger partial charge in [-0.15, -0.1) is 0 Å². The van der Waals surface area contributed by atoms with E-state index in [1.807, 2.05) is 0 Å². The fourth-order valence-corrected chi connectivity index (χ4v) is 1.80. The third-order valence-corrected chi connectivity index (χ3v) is 3.07. The Bertz CT molecular complexity index is 660. The first-order valence-corrected chi connectivity index (χ1v) is 7.23. The number of carbonyl (C=O) groups is 2. The van der Waals surface area contributed by atoms with Gasteiger partial charge in [-0.25, -0.2) is 0 Å². The van der Waals surface area contributed by atoms with Gasteiger partial charge in [-0.3, -0.25) is 9.59 Å². The van der Waals surface area contributed by atoms with E-state index in [0.717, 1.165) is 6.07 Å². The summed E-state index contributed by atoms with van der Waals surface area (Å²) in [5.74, 6) is -1.24. The maximum absolute atomic E-state index is 12.6. The molecule has 0 radical (unpaired) electrons. The number of ketones is 1. The SMILES string of the molecule is CC(=O)C(C)NC(=O)c1ccc(CN)c(OS(=O)(=O)F)c1. The number of hydrogen-bond donors (Lipinski definition) is 2. The Morgan fingerprint density at radius 2 is 2.05 bits per heavy atom. The summed E-state index contributed by atoms with van der Waals surface area (Å²) < 4.78 is 37.8. The van der Waals surface area contributed by atoms with E-state index in [1.54, 1.807) is 0 Å². The molecule has 3 N–H and O–H groups in total. The van der Waals surface area contributed by atoms with Crippen molar-refractivity contribution in [1.29, 1.82) is 0 Å². The predicted octanol–water partition coefficient (Wildman–Crippen LogP) is 0.446. The van der Waals surface area contributed by atoms with Gasteiger partial charge < -0.3 is 15.2 Å². The van der Waals surface area contributed by atoms with E-state index in [9.17, 15) is 21.9 Å². The highest BCUT2D eigenvalue weighted by Gasteiger charge is 2.18. The summed E-state index contributed by atoms with van der Waals surface area (Å²) in [6.45, 7) is 2.71. The number of hydrogen-bond acceptors (Lipinski definition) is 6. The summed E-state index contributed by atoms with van der Waals surface area (Å²) in [5, 5.41) is 2.40. The topological polar surface area (TPSA) is 116 Å². The molecule has 0 fully saturated rings. The number of Topliss-reactive ketones (excluding diaryl/α,β-unsaturated/α-hetero) is 1. The summed E-state index contributed by atoms with van der Waals surface area (Å²) in [6.07, 6.45) is 0. The van der Waals surface area contributed by atoms with Gasteiger partial charge in [0.15, 0.2) is 11.5 Å². The Kier molecular flexibility index (Phi) is 5.39. The van der Waals surface area contributed by atoms with Crippen LogP contribution in [0.25, 0.3) is 0 Å². The Morgan fingerprint density at radius 1 is 1.43 bits per heavy atom. The lowest BCUT2D eigenvalue weighted by Gasteiger charge is -2.12. The van der Waals surface area contributed by atoms with Crippen LogP contribution in [-0.4, -0.2) is 26.2 Å². The van der Waals surface area contributed by atoms with Crippen LogP contribution in [0.4, 0.5) is 3.89 Å². The first-order chi connectivity index (χ1) is 9.64. The lowest BCUT2D eigenvalue weighted by atomic mass is 10.1. The van der Waals surface area contributed by atoms with Crippen molar-refractivity contribution in [3.05, 3.63) is 29.3 Å². The zero-order valence-electron chi connectivity index (χ0n) is 11.4. The summed E-state index contributed by atoms with van der Waals surface area (Å²) in [6, 6.07) is 3.04. The van der Waals surface area contributed by atoms with Crippen LogP contribution >= 0.6 is 0 Å². The zero-order valence-corrected chi connectivity index (χ0v) is 12.2. The molecule has 1 rings (SSSR count). The molecule has 1 amide bonds. The van der Waals surface area contributed by atoms with Crippen LogP contribution in [0, 0.1) is 0 Å². The van der Waals surface area contributed by atoms with Crippen LogP contribution in [0.5, 0.6) is 5.75 Å². The first-order valence-electron chi connectivity index (χ1n) is 5.92. The number of carbonyl (C=O) groups excluding carboxylic acids is 2. The number of halogens is 1. The van der Waals surface area contributed by atoms with Gasteiger partial charge in [0.2, 0.25) is 0 Å². The minimum Gasteiger partial charge on any atom is -0.358 e. The second-order valence-electron chi connectivity index (χ2n) is 4.31. The molecule has 1 atom stereocenters. The van der Waals surface area contributed by atoms with E-state index in [-0.39, 0.29) is 29.2 Å². The molecule has 1 aromatic carbocycles. The largest absolute Gasteiger partial charge is 0.488 e. The van der Waals surface area contributed by atoms with Crippen molar-refractivity contribution >= 4 is 22.2 Å². The maximum atomic E-state index is 12.6. The Hall–Kier alpha value is -2.00. The number of benzene rings is 1. The third-order valence-electron chi connectivity index (χ3n) is 2.70. The molecule has 0 aliphatic heterocycles. The number of nitrogens with two attached hydrogens (primary N) is 1. The standard InChI is InChI=1S/C12H15FN2O5S/c1-7(8(2)16)15-12(17)9-3-4-10(6-14)11(5-9)20-21(13,18)19/h3-5,7H,6,14H2,1-2H3,(H,15,17). The Morgan fingerprint density at radius 3 is 2.52 bits per heavy atom. The average molecular weight is 318 g/mol. The molecule has 1 aromatic rings. The minimum atomic E-state index is -5.23. The van der Waals surface area contributed by atoms with Crippen LogP contribution in [0.1, 0.15) is 29.8 Å². The molecule has 0 bridgehead atoms. The first kappa shape index (κ1) is 17.1. The van der Waals surface area contributed by atoms with Crippen molar-refractivity contribution < 1.29 is 26.1 Å². The monoisotopic (exact) mass is 318 g/mol. The normalized spacial score (nSPS) is 12.6. The van der Waals surface area contributed by atoms with Gasteiger partial charge >= 0.3 is 10.5 Å². The van der Waals surface area contributed by atoms with Gasteiger partial charge in [0.1, 0.15) is 0 Å². The molecule has 0 aromatic heterocycles. The maximum Gasteiger partial charge on any atom is 0.488 e. The fourth-order valence-electron chi connectivity index (χ4n) is 1.43. The highest BCUT2D eigenvalue weighted by molar-refractivity contribution is 7.81. The molecule has 7 nitrogen and oxygen atoms in total. The van der Waals surface area contributed by atoms with Gasteiger partial charge in [0.05, 0.1) is 6.04 Å². The average Bonchev–Trinajstić information content (AvgIpc) is 2.36. The molecule has 116 valence electrons. The van der Waals surface area contributed by atoms with E-state index >= 15 is 0 Å². The number of rotatable bonds is 6. The number of amides is 1. The van der Waals surface area contributed by atoms with E-state index in [4.69, 9.17) is 5.73 Å². The van der Waals surface area contributed by atoms with Crippen LogP contribution in [0.15, 0.2) is 18.2 Å². The van der Waals surface area contributed by atoms with E-state index in [0.29, 0.717) is 0 Å². The summed E-state index contributed by atoms with van der Waals surface area (Å²) in [4.78, 5) is 23.0. The Balaban J connectivity index is 3.07. The van der Waals surface area contributed by atoms with Crippen molar-refractivity contribution in [3.8, 4) is 5.75 Å². The van der Waals surface area contributed by atoms with Crippen molar-refractivity contribution in [2.45, 2.75) is 26.4 Å². The van der Waals surface area contributed by atoms with E-state index < -0.39 is 22.5 Å². The minimum absolute atomic E-state index is 0.0129. The van der Waals surface area contributed by atoms with Crippen LogP contribution < -0.4 is 15.2 Å². The van der Waals surface area contributed by atoms with Crippen LogP contribution in [0.2, 0.25) is 0 Å². The number of nitrogens with one attached hydrogen (secondary N) is 1. The molecule has 0 saturated heterocycles. The van der Waals surface area contributed by atoms with Crippen LogP contribution in [-0.2, 0) is 21.8 Å². The summed E-state index contributed by atoms with van der Waals surface area (Å²) in [5.41, 5.74) is 5.60. The van der Waals surface area contributed by atoms with Gasteiger partial charge in [0.25, 0.3) is 5.91 Å². The second-order valence-corrected chi connectivity index (χ2v) is 5.26. The summed E-state index contributed by atoms with van der Waals surface area (Å²) in [7, 11) is -5.23. The van der Waals surface area contributed by atoms with Crippen LogP contribution in [0.3, 0.4) is 0 Å².